The molecule has 3 rings (SSSR count). The average Bonchev–Trinajstić information content (AvgIpc) is 3.17. The third-order valence-electron chi connectivity index (χ3n) is 4.42. The summed E-state index contributed by atoms with van der Waals surface area (Å²) in [6.45, 7) is 2.83. The highest BCUT2D eigenvalue weighted by molar-refractivity contribution is 7.89. The van der Waals surface area contributed by atoms with Crippen molar-refractivity contribution in [2.45, 2.75) is 30.8 Å². The first-order chi connectivity index (χ1) is 12.4. The molecule has 1 atom stereocenters. The van der Waals surface area contributed by atoms with Gasteiger partial charge in [0.05, 0.1) is 10.5 Å². The summed E-state index contributed by atoms with van der Waals surface area (Å²) in [6.07, 6.45) is 1.25. The summed E-state index contributed by atoms with van der Waals surface area (Å²) in [5.41, 5.74) is 1.01. The van der Waals surface area contributed by atoms with Crippen LogP contribution < -0.4 is 0 Å². The molecule has 0 N–H and O–H groups in total. The van der Waals surface area contributed by atoms with E-state index in [0.717, 1.165) is 18.4 Å². The van der Waals surface area contributed by atoms with Gasteiger partial charge >= 0.3 is 5.97 Å². The second-order valence-electron chi connectivity index (χ2n) is 6.20. The van der Waals surface area contributed by atoms with E-state index in [-0.39, 0.29) is 4.90 Å². The summed E-state index contributed by atoms with van der Waals surface area (Å²) >= 11 is 6.12. The Kier molecular flexibility index (Phi) is 5.65. The minimum absolute atomic E-state index is 0.190. The van der Waals surface area contributed by atoms with Crippen LogP contribution in [0.25, 0.3) is 0 Å². The Morgan fingerprint density at radius 3 is 2.31 bits per heavy atom. The van der Waals surface area contributed by atoms with E-state index in [9.17, 15) is 13.2 Å². The Labute approximate surface area is 158 Å². The van der Waals surface area contributed by atoms with Gasteiger partial charge in [0.2, 0.25) is 10.0 Å². The van der Waals surface area contributed by atoms with E-state index in [2.05, 4.69) is 0 Å². The van der Waals surface area contributed by atoms with Crippen LogP contribution in [0.5, 0.6) is 0 Å². The summed E-state index contributed by atoms with van der Waals surface area (Å²) in [5, 5.41) is 0.528. The molecule has 26 heavy (non-hydrogen) atoms. The highest BCUT2D eigenvalue weighted by Gasteiger charge is 2.27. The van der Waals surface area contributed by atoms with E-state index in [1.807, 2.05) is 6.07 Å². The molecule has 0 radical (unpaired) electrons. The van der Waals surface area contributed by atoms with Crippen molar-refractivity contribution in [2.24, 2.45) is 0 Å². The monoisotopic (exact) mass is 393 g/mol. The lowest BCUT2D eigenvalue weighted by Crippen LogP contribution is -2.27. The van der Waals surface area contributed by atoms with E-state index in [4.69, 9.17) is 16.3 Å². The van der Waals surface area contributed by atoms with Crippen molar-refractivity contribution in [3.63, 3.8) is 0 Å². The minimum atomic E-state index is -3.49. The Morgan fingerprint density at radius 2 is 1.69 bits per heavy atom. The van der Waals surface area contributed by atoms with E-state index >= 15 is 0 Å². The Bertz CT molecular complexity index is 890. The van der Waals surface area contributed by atoms with Crippen molar-refractivity contribution in [1.29, 1.82) is 0 Å². The molecular weight excluding hydrogens is 374 g/mol. The molecule has 1 aliphatic rings. The number of hydrogen-bond donors (Lipinski definition) is 0. The number of carbonyl (C=O) groups excluding carboxylic acids is 1. The standard InChI is InChI=1S/C19H20ClNO4S/c1-14(17-6-2-3-7-18(17)20)25-19(22)15-8-10-16(11-9-15)26(23,24)21-12-4-5-13-21/h2-3,6-11,14H,4-5,12-13H2,1H3/t14-/m0/s1. The number of carbonyl (C=O) groups is 1. The van der Waals surface area contributed by atoms with Crippen molar-refractivity contribution in [3.05, 3.63) is 64.7 Å². The zero-order chi connectivity index (χ0) is 18.7. The second-order valence-corrected chi connectivity index (χ2v) is 8.55. The maximum absolute atomic E-state index is 12.5. The molecule has 0 aliphatic carbocycles. The van der Waals surface area contributed by atoms with Gasteiger partial charge < -0.3 is 4.74 Å². The van der Waals surface area contributed by atoms with Crippen LogP contribution in [0, 0.1) is 0 Å². The number of nitrogens with zero attached hydrogens (tertiary/aromatic N) is 1. The number of halogens is 1. The first-order valence-corrected chi connectivity index (χ1v) is 10.3. The number of ether oxygens (including phenoxy) is 1. The van der Waals surface area contributed by atoms with Crippen LogP contribution in [-0.2, 0) is 14.8 Å². The maximum atomic E-state index is 12.5. The van der Waals surface area contributed by atoms with Gasteiger partial charge in [-0.05, 0) is 50.1 Å². The van der Waals surface area contributed by atoms with Crippen LogP contribution >= 0.6 is 11.6 Å². The third kappa shape index (κ3) is 3.92. The summed E-state index contributed by atoms with van der Waals surface area (Å²) < 4.78 is 31.9. The molecule has 5 nitrogen and oxygen atoms in total. The fourth-order valence-electron chi connectivity index (χ4n) is 2.94. The first kappa shape index (κ1) is 18.9. The maximum Gasteiger partial charge on any atom is 0.338 e. The fraction of sp³-hybridized carbons (Fsp3) is 0.316. The van der Waals surface area contributed by atoms with Crippen LogP contribution in [0.4, 0.5) is 0 Å². The molecule has 138 valence electrons. The Morgan fingerprint density at radius 1 is 1.08 bits per heavy atom. The smallest absolute Gasteiger partial charge is 0.338 e. The van der Waals surface area contributed by atoms with Crippen molar-refractivity contribution in [2.75, 3.05) is 13.1 Å². The molecule has 0 unspecified atom stereocenters. The molecular formula is C19H20ClNO4S. The fourth-order valence-corrected chi connectivity index (χ4v) is 4.74. The van der Waals surface area contributed by atoms with Gasteiger partial charge in [-0.3, -0.25) is 0 Å². The van der Waals surface area contributed by atoms with Crippen molar-refractivity contribution >= 4 is 27.6 Å². The van der Waals surface area contributed by atoms with Gasteiger partial charge in [-0.15, -0.1) is 0 Å². The zero-order valence-corrected chi connectivity index (χ0v) is 16.0. The number of benzene rings is 2. The highest BCUT2D eigenvalue weighted by atomic mass is 35.5. The van der Waals surface area contributed by atoms with Gasteiger partial charge in [-0.25, -0.2) is 13.2 Å². The number of hydrogen-bond acceptors (Lipinski definition) is 4. The molecule has 1 aliphatic heterocycles. The van der Waals surface area contributed by atoms with Gasteiger partial charge in [-0.1, -0.05) is 29.8 Å². The molecule has 1 saturated heterocycles. The van der Waals surface area contributed by atoms with E-state index in [0.29, 0.717) is 23.7 Å². The zero-order valence-electron chi connectivity index (χ0n) is 14.4. The highest BCUT2D eigenvalue weighted by Crippen LogP contribution is 2.26. The molecule has 0 bridgehead atoms. The largest absolute Gasteiger partial charge is 0.454 e. The molecule has 1 fully saturated rings. The van der Waals surface area contributed by atoms with Crippen molar-refractivity contribution in [1.82, 2.24) is 4.31 Å². The van der Waals surface area contributed by atoms with Gasteiger partial charge in [0.1, 0.15) is 6.10 Å². The van der Waals surface area contributed by atoms with Crippen LogP contribution in [0.2, 0.25) is 5.02 Å². The van der Waals surface area contributed by atoms with E-state index in [1.54, 1.807) is 25.1 Å². The number of esters is 1. The molecule has 7 heteroatoms. The normalized spacial score (nSPS) is 16.4. The average molecular weight is 394 g/mol. The summed E-state index contributed by atoms with van der Waals surface area (Å²) in [5.74, 6) is -0.525. The van der Waals surface area contributed by atoms with E-state index < -0.39 is 22.1 Å². The first-order valence-electron chi connectivity index (χ1n) is 8.45. The summed E-state index contributed by atoms with van der Waals surface area (Å²) in [4.78, 5) is 12.5. The predicted molar refractivity (Wildman–Crippen MR) is 99.7 cm³/mol. The van der Waals surface area contributed by atoms with Crippen LogP contribution in [0.1, 0.15) is 41.8 Å². The summed E-state index contributed by atoms with van der Waals surface area (Å²) in [7, 11) is -3.49. The van der Waals surface area contributed by atoms with Crippen LogP contribution in [0.3, 0.4) is 0 Å². The van der Waals surface area contributed by atoms with Crippen LogP contribution in [0.15, 0.2) is 53.4 Å². The topological polar surface area (TPSA) is 63.7 Å². The lowest BCUT2D eigenvalue weighted by atomic mass is 10.1. The van der Waals surface area contributed by atoms with Gasteiger partial charge in [-0.2, -0.15) is 4.31 Å². The molecule has 0 aromatic heterocycles. The second kappa shape index (κ2) is 7.78. The van der Waals surface area contributed by atoms with Crippen molar-refractivity contribution in [3.8, 4) is 0 Å². The quantitative estimate of drug-likeness (QED) is 0.719. The molecule has 0 saturated carbocycles. The van der Waals surface area contributed by atoms with Crippen molar-refractivity contribution < 1.29 is 17.9 Å². The van der Waals surface area contributed by atoms with E-state index in [1.165, 1.54) is 28.6 Å². The molecule has 1 heterocycles. The summed E-state index contributed by atoms with van der Waals surface area (Å²) in [6, 6.07) is 13.0. The molecule has 0 amide bonds. The molecule has 2 aromatic carbocycles. The Balaban J connectivity index is 1.72. The Hall–Kier alpha value is -1.89. The molecule has 0 spiro atoms. The van der Waals surface area contributed by atoms with Crippen LogP contribution in [-0.4, -0.2) is 31.8 Å². The number of rotatable bonds is 5. The van der Waals surface area contributed by atoms with Gasteiger partial charge in [0.15, 0.2) is 0 Å². The lowest BCUT2D eigenvalue weighted by Gasteiger charge is -2.16. The van der Waals surface area contributed by atoms with Gasteiger partial charge in [0, 0.05) is 23.7 Å². The minimum Gasteiger partial charge on any atom is -0.454 e. The third-order valence-corrected chi connectivity index (χ3v) is 6.68. The van der Waals surface area contributed by atoms with Gasteiger partial charge in [0.25, 0.3) is 0 Å². The number of sulfonamides is 1. The SMILES string of the molecule is C[C@H](OC(=O)c1ccc(S(=O)(=O)N2CCCC2)cc1)c1ccccc1Cl. The lowest BCUT2D eigenvalue weighted by molar-refractivity contribution is 0.0338. The molecule has 2 aromatic rings. The predicted octanol–water partition coefficient (Wildman–Crippen LogP) is 4.04.